The van der Waals surface area contributed by atoms with Gasteiger partial charge in [0.15, 0.2) is 0 Å². The molecule has 1 aliphatic heterocycles. The van der Waals surface area contributed by atoms with Crippen molar-refractivity contribution in [1.29, 1.82) is 0 Å². The van der Waals surface area contributed by atoms with Crippen LogP contribution >= 0.6 is 11.6 Å². The zero-order chi connectivity index (χ0) is 12.4. The fraction of sp³-hybridized carbons (Fsp3) is 0.417. The van der Waals surface area contributed by atoms with E-state index in [2.05, 4.69) is 0 Å². The van der Waals surface area contributed by atoms with Crippen molar-refractivity contribution in [2.24, 2.45) is 0 Å². The number of rotatable bonds is 2. The summed E-state index contributed by atoms with van der Waals surface area (Å²) < 4.78 is 0. The van der Waals surface area contributed by atoms with Crippen molar-refractivity contribution < 1.29 is 9.90 Å². The molecule has 3 N–H and O–H groups in total. The Bertz CT molecular complexity index is 416. The van der Waals surface area contributed by atoms with Crippen LogP contribution in [0.3, 0.4) is 0 Å². The van der Waals surface area contributed by atoms with E-state index < -0.39 is 0 Å². The Morgan fingerprint density at radius 3 is 2.94 bits per heavy atom. The topological polar surface area (TPSA) is 66.6 Å². The van der Waals surface area contributed by atoms with Gasteiger partial charge in [-0.1, -0.05) is 11.6 Å². The average Bonchev–Trinajstić information content (AvgIpc) is 2.74. The van der Waals surface area contributed by atoms with Crippen LogP contribution in [0.4, 0.5) is 5.69 Å². The number of carbonyl (C=O) groups excluding carboxylic acids is 1. The van der Waals surface area contributed by atoms with E-state index >= 15 is 0 Å². The molecule has 0 saturated carbocycles. The number of aliphatic hydroxyl groups excluding tert-OH is 1. The van der Waals surface area contributed by atoms with Crippen molar-refractivity contribution >= 4 is 23.2 Å². The summed E-state index contributed by atoms with van der Waals surface area (Å²) in [5, 5.41) is 9.65. The molecular formula is C12H15ClN2O2. The van der Waals surface area contributed by atoms with Crippen LogP contribution in [0.15, 0.2) is 18.2 Å². The second-order valence-electron chi connectivity index (χ2n) is 4.25. The standard InChI is InChI=1S/C12H15ClN2O2/c13-9-4-8(5-10(14)6-9)12(17)15-3-1-2-11(15)7-16/h4-6,11,16H,1-3,7,14H2/t11-/m0/s1. The Morgan fingerprint density at radius 2 is 2.29 bits per heavy atom. The molecule has 0 aliphatic carbocycles. The Labute approximate surface area is 105 Å². The van der Waals surface area contributed by atoms with Gasteiger partial charge in [-0.2, -0.15) is 0 Å². The number of aliphatic hydroxyl groups is 1. The molecule has 92 valence electrons. The first-order valence-corrected chi connectivity index (χ1v) is 5.97. The highest BCUT2D eigenvalue weighted by molar-refractivity contribution is 6.31. The van der Waals surface area contributed by atoms with Crippen molar-refractivity contribution in [2.45, 2.75) is 18.9 Å². The first-order valence-electron chi connectivity index (χ1n) is 5.59. The Hall–Kier alpha value is -1.26. The smallest absolute Gasteiger partial charge is 0.254 e. The predicted octanol–water partition coefficient (Wildman–Crippen LogP) is 1.52. The van der Waals surface area contributed by atoms with Crippen LogP contribution in [0, 0.1) is 0 Å². The molecule has 2 rings (SSSR count). The van der Waals surface area contributed by atoms with Gasteiger partial charge in [0.05, 0.1) is 12.6 Å². The minimum Gasteiger partial charge on any atom is -0.399 e. The number of halogens is 1. The van der Waals surface area contributed by atoms with Crippen molar-refractivity contribution in [1.82, 2.24) is 4.90 Å². The molecule has 1 aromatic rings. The molecule has 1 amide bonds. The highest BCUT2D eigenvalue weighted by atomic mass is 35.5. The zero-order valence-electron chi connectivity index (χ0n) is 9.40. The monoisotopic (exact) mass is 254 g/mol. The maximum Gasteiger partial charge on any atom is 0.254 e. The summed E-state index contributed by atoms with van der Waals surface area (Å²) in [4.78, 5) is 13.9. The van der Waals surface area contributed by atoms with Crippen molar-refractivity contribution in [3.05, 3.63) is 28.8 Å². The number of hydrogen-bond donors (Lipinski definition) is 2. The summed E-state index contributed by atoms with van der Waals surface area (Å²) in [7, 11) is 0. The molecule has 1 aromatic carbocycles. The third kappa shape index (κ3) is 2.53. The molecule has 1 atom stereocenters. The van der Waals surface area contributed by atoms with Gasteiger partial charge in [-0.3, -0.25) is 4.79 Å². The largest absolute Gasteiger partial charge is 0.399 e. The van der Waals surface area contributed by atoms with Gasteiger partial charge in [0.2, 0.25) is 0 Å². The summed E-state index contributed by atoms with van der Waals surface area (Å²) in [5.41, 5.74) is 6.61. The number of carbonyl (C=O) groups is 1. The average molecular weight is 255 g/mol. The van der Waals surface area contributed by atoms with Crippen LogP contribution < -0.4 is 5.73 Å². The van der Waals surface area contributed by atoms with Gasteiger partial charge in [0, 0.05) is 22.8 Å². The first-order chi connectivity index (χ1) is 8.11. The SMILES string of the molecule is Nc1cc(Cl)cc(C(=O)N2CCC[C@H]2CO)c1. The number of benzene rings is 1. The van der Waals surface area contributed by atoms with Gasteiger partial charge in [-0.05, 0) is 31.0 Å². The molecular weight excluding hydrogens is 240 g/mol. The van der Waals surface area contributed by atoms with Gasteiger partial charge in [-0.25, -0.2) is 0 Å². The highest BCUT2D eigenvalue weighted by Gasteiger charge is 2.28. The van der Waals surface area contributed by atoms with Crippen LogP contribution in [0.5, 0.6) is 0 Å². The Kier molecular flexibility index (Phi) is 3.54. The first kappa shape index (κ1) is 12.2. The molecule has 0 radical (unpaired) electrons. The van der Waals surface area contributed by atoms with E-state index in [1.165, 1.54) is 0 Å². The third-order valence-electron chi connectivity index (χ3n) is 3.02. The Balaban J connectivity index is 2.24. The second kappa shape index (κ2) is 4.94. The highest BCUT2D eigenvalue weighted by Crippen LogP contribution is 2.23. The number of nitrogen functional groups attached to an aromatic ring is 1. The van der Waals surface area contributed by atoms with Crippen LogP contribution in [-0.2, 0) is 0 Å². The molecule has 1 aliphatic rings. The molecule has 4 nitrogen and oxygen atoms in total. The number of hydrogen-bond acceptors (Lipinski definition) is 3. The number of nitrogens with two attached hydrogens (primary N) is 1. The van der Waals surface area contributed by atoms with E-state index in [0.29, 0.717) is 22.8 Å². The molecule has 0 bridgehead atoms. The third-order valence-corrected chi connectivity index (χ3v) is 3.23. The van der Waals surface area contributed by atoms with Crippen LogP contribution in [0.1, 0.15) is 23.2 Å². The molecule has 0 spiro atoms. The van der Waals surface area contributed by atoms with Gasteiger partial charge in [0.25, 0.3) is 5.91 Å². The van der Waals surface area contributed by atoms with E-state index in [4.69, 9.17) is 17.3 Å². The lowest BCUT2D eigenvalue weighted by Crippen LogP contribution is -2.37. The zero-order valence-corrected chi connectivity index (χ0v) is 10.2. The van der Waals surface area contributed by atoms with Gasteiger partial charge >= 0.3 is 0 Å². The lowest BCUT2D eigenvalue weighted by atomic mass is 10.1. The van der Waals surface area contributed by atoms with Gasteiger partial charge in [-0.15, -0.1) is 0 Å². The van der Waals surface area contributed by atoms with Crippen LogP contribution in [-0.4, -0.2) is 35.1 Å². The lowest BCUT2D eigenvalue weighted by molar-refractivity contribution is 0.0677. The fourth-order valence-corrected chi connectivity index (χ4v) is 2.44. The number of likely N-dealkylation sites (tertiary alicyclic amines) is 1. The second-order valence-corrected chi connectivity index (χ2v) is 4.69. The molecule has 1 heterocycles. The minimum absolute atomic E-state index is 0.00177. The van der Waals surface area contributed by atoms with E-state index in [1.807, 2.05) is 0 Å². The summed E-state index contributed by atoms with van der Waals surface area (Å²) in [6, 6.07) is 4.74. The number of nitrogens with zero attached hydrogens (tertiary/aromatic N) is 1. The fourth-order valence-electron chi connectivity index (χ4n) is 2.19. The van der Waals surface area contributed by atoms with Crippen molar-refractivity contribution in [3.8, 4) is 0 Å². The van der Waals surface area contributed by atoms with E-state index in [0.717, 1.165) is 12.8 Å². The maximum absolute atomic E-state index is 12.2. The predicted molar refractivity (Wildman–Crippen MR) is 67.0 cm³/mol. The van der Waals surface area contributed by atoms with Crippen molar-refractivity contribution in [2.75, 3.05) is 18.9 Å². The van der Waals surface area contributed by atoms with Crippen LogP contribution in [0.2, 0.25) is 5.02 Å². The quantitative estimate of drug-likeness (QED) is 0.787. The summed E-state index contributed by atoms with van der Waals surface area (Å²) in [6.45, 7) is 0.679. The van der Waals surface area contributed by atoms with Crippen molar-refractivity contribution in [3.63, 3.8) is 0 Å². The maximum atomic E-state index is 12.2. The Morgan fingerprint density at radius 1 is 1.53 bits per heavy atom. The molecule has 1 saturated heterocycles. The molecule has 5 heteroatoms. The summed E-state index contributed by atoms with van der Waals surface area (Å²) in [6.07, 6.45) is 1.77. The van der Waals surface area contributed by atoms with Crippen LogP contribution in [0.25, 0.3) is 0 Å². The summed E-state index contributed by atoms with van der Waals surface area (Å²) >= 11 is 5.87. The van der Waals surface area contributed by atoms with E-state index in [1.54, 1.807) is 23.1 Å². The molecule has 17 heavy (non-hydrogen) atoms. The number of amides is 1. The van der Waals surface area contributed by atoms with Gasteiger partial charge < -0.3 is 15.7 Å². The number of anilines is 1. The normalized spacial score (nSPS) is 19.6. The molecule has 1 fully saturated rings. The summed E-state index contributed by atoms with van der Waals surface area (Å²) in [5.74, 6) is -0.115. The molecule has 0 aromatic heterocycles. The van der Waals surface area contributed by atoms with E-state index in [-0.39, 0.29) is 18.6 Å². The minimum atomic E-state index is -0.115. The molecule has 0 unspecified atom stereocenters. The van der Waals surface area contributed by atoms with Gasteiger partial charge in [0.1, 0.15) is 0 Å². The van der Waals surface area contributed by atoms with E-state index in [9.17, 15) is 9.90 Å². The lowest BCUT2D eigenvalue weighted by Gasteiger charge is -2.23.